The number of allylic oxidation sites excluding steroid dienone is 11. The number of amides is 2. The molecule has 9 heteroatoms. The predicted molar refractivity (Wildman–Crippen MR) is 137 cm³/mol. The van der Waals surface area contributed by atoms with Gasteiger partial charge in [0.1, 0.15) is 23.2 Å². The first-order valence-electron chi connectivity index (χ1n) is 11.9. The predicted octanol–water partition coefficient (Wildman–Crippen LogP) is 2.31. The minimum atomic E-state index is -1.61. The summed E-state index contributed by atoms with van der Waals surface area (Å²) in [6.45, 7) is 4.10. The highest BCUT2D eigenvalue weighted by atomic mass is 16.6. The number of carbonyl (C=O) groups excluding carboxylic acids is 4. The third-order valence-electron chi connectivity index (χ3n) is 5.53. The smallest absolute Gasteiger partial charge is 0.248 e. The van der Waals surface area contributed by atoms with E-state index in [9.17, 15) is 29.4 Å². The Labute approximate surface area is 215 Å². The second-order valence-corrected chi connectivity index (χ2v) is 8.99. The molecule has 4 N–H and O–H groups in total. The summed E-state index contributed by atoms with van der Waals surface area (Å²) in [5.74, 6) is -1.52. The van der Waals surface area contributed by atoms with E-state index in [0.717, 1.165) is 0 Å². The first kappa shape index (κ1) is 27.5. The summed E-state index contributed by atoms with van der Waals surface area (Å²) in [6.07, 6.45) is 18.8. The molecule has 0 aromatic heterocycles. The SMILES string of the molecule is CC(C)/C=C/C=C/C=C/C(=O)NC1=C[C@@](O)(/[13CH]=C/C=C/C=C/C(=O)NC2=C(O)CCC2=O)[C@@H]2O[C@@H]2C1=O. The van der Waals surface area contributed by atoms with Crippen molar-refractivity contribution in [2.24, 2.45) is 5.92 Å². The summed E-state index contributed by atoms with van der Waals surface area (Å²) in [6, 6.07) is 0. The van der Waals surface area contributed by atoms with Crippen molar-refractivity contribution in [1.29, 1.82) is 0 Å². The Balaban J connectivity index is 1.55. The van der Waals surface area contributed by atoms with Crippen molar-refractivity contribution in [1.82, 2.24) is 10.6 Å². The van der Waals surface area contributed by atoms with Crippen LogP contribution in [0.1, 0.15) is 26.7 Å². The van der Waals surface area contributed by atoms with Crippen molar-refractivity contribution in [3.63, 3.8) is 0 Å². The number of aliphatic hydroxyl groups is 2. The zero-order chi connectivity index (χ0) is 27.0. The highest BCUT2D eigenvalue weighted by Crippen LogP contribution is 2.40. The number of hydrogen-bond donors (Lipinski definition) is 4. The largest absolute Gasteiger partial charge is 0.510 e. The molecule has 0 spiro atoms. The second kappa shape index (κ2) is 12.2. The van der Waals surface area contributed by atoms with Gasteiger partial charge < -0.3 is 25.6 Å². The molecular weight excluding hydrogens is 477 g/mol. The second-order valence-electron chi connectivity index (χ2n) is 8.99. The maximum absolute atomic E-state index is 12.4. The number of aliphatic hydroxyl groups excluding tert-OH is 1. The van der Waals surface area contributed by atoms with E-state index in [-0.39, 0.29) is 35.8 Å². The van der Waals surface area contributed by atoms with E-state index in [1.54, 1.807) is 24.3 Å². The van der Waals surface area contributed by atoms with Gasteiger partial charge in [-0.3, -0.25) is 19.2 Å². The molecule has 37 heavy (non-hydrogen) atoms. The number of fused-ring (bicyclic) bond motifs is 1. The minimum absolute atomic E-state index is 0.0520. The topological polar surface area (TPSA) is 145 Å². The number of Topliss-reactive ketones (excluding diaryl/α,β-unsaturated/α-hetero) is 2. The van der Waals surface area contributed by atoms with E-state index in [2.05, 4.69) is 24.5 Å². The quantitative estimate of drug-likeness (QED) is 0.154. The third-order valence-corrected chi connectivity index (χ3v) is 5.53. The normalized spacial score (nSPS) is 26.1. The molecule has 9 nitrogen and oxygen atoms in total. The standard InChI is InChI=1S/C28H30N2O7/c1-18(2)11-7-3-4-8-12-22(33)29-19-17-28(36,27-26(37-27)25(19)35)16-10-6-5-9-13-23(34)30-24-20(31)14-15-21(24)32/h3-13,16-18,26-27,31,36H,14-15H2,1-2H3,(H,29,33)(H,30,34)/b4-3+,6-5+,11-7+,12-8+,13-9+,16-10+/t26-,27-,28+/m1/s1/i16+1. The van der Waals surface area contributed by atoms with Crippen LogP contribution in [0, 0.1) is 5.92 Å². The molecular formula is C28H30N2O7. The Kier molecular flexibility index (Phi) is 9.10. The lowest BCUT2D eigenvalue weighted by molar-refractivity contribution is -0.121. The summed E-state index contributed by atoms with van der Waals surface area (Å²) in [4.78, 5) is 48.1. The molecule has 0 aromatic rings. The fourth-order valence-electron chi connectivity index (χ4n) is 3.60. The maximum atomic E-state index is 12.4. The van der Waals surface area contributed by atoms with Crippen LogP contribution in [0.5, 0.6) is 0 Å². The molecule has 0 saturated carbocycles. The molecule has 1 fully saturated rings. The fraction of sp³-hybridized carbons (Fsp3) is 0.286. The van der Waals surface area contributed by atoms with Gasteiger partial charge >= 0.3 is 0 Å². The van der Waals surface area contributed by atoms with E-state index in [1.807, 2.05) is 12.2 Å². The lowest BCUT2D eigenvalue weighted by atomic mass is 9.93. The lowest BCUT2D eigenvalue weighted by Gasteiger charge is -2.23. The van der Waals surface area contributed by atoms with Gasteiger partial charge in [0.05, 0.1) is 5.70 Å². The van der Waals surface area contributed by atoms with Gasteiger partial charge in [-0.2, -0.15) is 0 Å². The molecule has 3 rings (SSSR count). The van der Waals surface area contributed by atoms with Crippen LogP contribution in [0.25, 0.3) is 0 Å². The van der Waals surface area contributed by atoms with Gasteiger partial charge in [-0.15, -0.1) is 0 Å². The van der Waals surface area contributed by atoms with Crippen LogP contribution < -0.4 is 10.6 Å². The van der Waals surface area contributed by atoms with Gasteiger partial charge in [-0.05, 0) is 18.1 Å². The highest BCUT2D eigenvalue weighted by Gasteiger charge is 2.59. The number of epoxide rings is 1. The summed E-state index contributed by atoms with van der Waals surface area (Å²) >= 11 is 0. The molecule has 3 aliphatic rings. The van der Waals surface area contributed by atoms with Crippen LogP contribution in [-0.4, -0.2) is 51.4 Å². The Morgan fingerprint density at radius 2 is 1.59 bits per heavy atom. The Morgan fingerprint density at radius 3 is 2.22 bits per heavy atom. The van der Waals surface area contributed by atoms with Crippen molar-refractivity contribution in [2.75, 3.05) is 0 Å². The summed E-state index contributed by atoms with van der Waals surface area (Å²) in [5.41, 5.74) is -1.74. The molecule has 0 unspecified atom stereocenters. The van der Waals surface area contributed by atoms with Crippen LogP contribution >= 0.6 is 0 Å². The van der Waals surface area contributed by atoms with E-state index >= 15 is 0 Å². The molecule has 0 aromatic carbocycles. The van der Waals surface area contributed by atoms with Crippen LogP contribution in [-0.2, 0) is 23.9 Å². The Hall–Kier alpha value is -4.08. The van der Waals surface area contributed by atoms with E-state index in [0.29, 0.717) is 5.92 Å². The van der Waals surface area contributed by atoms with E-state index in [1.165, 1.54) is 42.5 Å². The number of ketones is 2. The van der Waals surface area contributed by atoms with Gasteiger partial charge in [0.2, 0.25) is 17.6 Å². The summed E-state index contributed by atoms with van der Waals surface area (Å²) in [7, 11) is 0. The molecule has 1 heterocycles. The van der Waals surface area contributed by atoms with Gasteiger partial charge in [-0.1, -0.05) is 68.5 Å². The van der Waals surface area contributed by atoms with Crippen LogP contribution in [0.4, 0.5) is 0 Å². The average molecular weight is 508 g/mol. The number of nitrogens with one attached hydrogen (secondary N) is 2. The number of carbonyl (C=O) groups is 4. The van der Waals surface area contributed by atoms with Gasteiger partial charge in [0, 0.05) is 25.0 Å². The molecule has 1 saturated heterocycles. The van der Waals surface area contributed by atoms with Crippen LogP contribution in [0.15, 0.2) is 96.1 Å². The average Bonchev–Trinajstić information content (AvgIpc) is 3.60. The number of hydrogen-bond acceptors (Lipinski definition) is 7. The molecule has 2 amide bonds. The first-order valence-corrected chi connectivity index (χ1v) is 11.9. The maximum Gasteiger partial charge on any atom is 0.248 e. The Morgan fingerprint density at radius 1 is 0.973 bits per heavy atom. The molecule has 2 aliphatic carbocycles. The van der Waals surface area contributed by atoms with Crippen LogP contribution in [0.3, 0.4) is 0 Å². The lowest BCUT2D eigenvalue weighted by Crippen LogP contribution is -2.42. The van der Waals surface area contributed by atoms with E-state index < -0.39 is 35.4 Å². The van der Waals surface area contributed by atoms with Crippen molar-refractivity contribution in [3.8, 4) is 0 Å². The monoisotopic (exact) mass is 507 g/mol. The zero-order valence-corrected chi connectivity index (χ0v) is 20.6. The Bertz CT molecular complexity index is 1200. The zero-order valence-electron chi connectivity index (χ0n) is 20.6. The molecule has 0 radical (unpaired) electrons. The van der Waals surface area contributed by atoms with Crippen molar-refractivity contribution >= 4 is 23.4 Å². The summed E-state index contributed by atoms with van der Waals surface area (Å²) < 4.78 is 5.32. The van der Waals surface area contributed by atoms with E-state index in [4.69, 9.17) is 4.74 Å². The molecule has 194 valence electrons. The first-order chi connectivity index (χ1) is 17.6. The molecule has 0 bridgehead atoms. The van der Waals surface area contributed by atoms with Crippen molar-refractivity contribution in [2.45, 2.75) is 44.5 Å². The number of ether oxygens (including phenoxy) is 1. The van der Waals surface area contributed by atoms with Crippen molar-refractivity contribution in [3.05, 3.63) is 96.1 Å². The molecule has 1 aliphatic heterocycles. The minimum Gasteiger partial charge on any atom is -0.510 e. The molecule has 3 atom stereocenters. The fourth-order valence-corrected chi connectivity index (χ4v) is 3.60. The highest BCUT2D eigenvalue weighted by molar-refractivity contribution is 6.06. The van der Waals surface area contributed by atoms with Crippen LogP contribution in [0.2, 0.25) is 0 Å². The summed E-state index contributed by atoms with van der Waals surface area (Å²) in [5, 5.41) is 25.4. The van der Waals surface area contributed by atoms with Gasteiger partial charge in [0.25, 0.3) is 0 Å². The third kappa shape index (κ3) is 7.70. The van der Waals surface area contributed by atoms with Gasteiger partial charge in [0.15, 0.2) is 11.9 Å². The van der Waals surface area contributed by atoms with Gasteiger partial charge in [-0.25, -0.2) is 0 Å². The number of rotatable bonds is 10. The van der Waals surface area contributed by atoms with Crippen molar-refractivity contribution < 1.29 is 34.1 Å².